The van der Waals surface area contributed by atoms with Gasteiger partial charge in [0.05, 0.1) is 12.7 Å². The number of Topliss-reactive ketones (excluding diaryl/α,β-unsaturated/α-hetero) is 1. The number of hydrogen-bond donors (Lipinski definition) is 1. The van der Waals surface area contributed by atoms with Crippen molar-refractivity contribution >= 4 is 12.3 Å². The maximum atomic E-state index is 12.6. The van der Waals surface area contributed by atoms with Crippen molar-refractivity contribution in [3.8, 4) is 34.1 Å². The minimum absolute atomic E-state index is 0.0403. The Labute approximate surface area is 200 Å². The maximum absolute atomic E-state index is 12.6. The minimum atomic E-state index is -0.165. The average Bonchev–Trinajstić information content (AvgIpc) is 2.79. The Hall–Kier alpha value is -3.80. The highest BCUT2D eigenvalue weighted by Crippen LogP contribution is 2.35. The van der Waals surface area contributed by atoms with Crippen molar-refractivity contribution in [2.24, 2.45) is 5.41 Å². The van der Waals surface area contributed by atoms with Crippen molar-refractivity contribution in [1.82, 2.24) is 0 Å². The van der Waals surface area contributed by atoms with E-state index >= 15 is 0 Å². The summed E-state index contributed by atoms with van der Waals surface area (Å²) in [7, 11) is 1.51. The van der Waals surface area contributed by atoms with Gasteiger partial charge in [-0.1, -0.05) is 45.0 Å². The molecule has 0 saturated carbocycles. The van der Waals surface area contributed by atoms with Crippen LogP contribution in [0.4, 0.5) is 0 Å². The van der Waals surface area contributed by atoms with E-state index in [1.54, 1.807) is 31.2 Å². The third-order valence-corrected chi connectivity index (χ3v) is 5.37. The van der Waals surface area contributed by atoms with E-state index in [0.29, 0.717) is 41.3 Å². The van der Waals surface area contributed by atoms with Gasteiger partial charge in [0.2, 0.25) is 0 Å². The molecule has 34 heavy (non-hydrogen) atoms. The molecular formula is C28H30O6. The van der Waals surface area contributed by atoms with Gasteiger partial charge in [-0.05, 0) is 59.4 Å². The molecule has 0 aromatic heterocycles. The quantitative estimate of drug-likeness (QED) is 0.305. The van der Waals surface area contributed by atoms with Gasteiger partial charge in [0.25, 0.3) is 6.47 Å². The van der Waals surface area contributed by atoms with E-state index < -0.39 is 0 Å². The molecule has 0 saturated heterocycles. The second kappa shape index (κ2) is 10.4. The number of carbonyl (C=O) groups excluding carboxylic acids is 2. The Morgan fingerprint density at radius 2 is 1.68 bits per heavy atom. The predicted octanol–water partition coefficient (Wildman–Crippen LogP) is 6.11. The van der Waals surface area contributed by atoms with Crippen LogP contribution >= 0.6 is 0 Å². The van der Waals surface area contributed by atoms with Gasteiger partial charge in [0, 0.05) is 12.0 Å². The lowest BCUT2D eigenvalue weighted by Gasteiger charge is -2.18. The number of phenolic OH excluding ortho intramolecular Hbond substituents is 1. The van der Waals surface area contributed by atoms with Crippen molar-refractivity contribution in [3.63, 3.8) is 0 Å². The zero-order valence-electron chi connectivity index (χ0n) is 20.2. The summed E-state index contributed by atoms with van der Waals surface area (Å²) >= 11 is 0. The molecule has 0 fully saturated rings. The summed E-state index contributed by atoms with van der Waals surface area (Å²) in [6.45, 7) is 8.34. The van der Waals surface area contributed by atoms with E-state index in [2.05, 4.69) is 0 Å². The van der Waals surface area contributed by atoms with Gasteiger partial charge in [-0.3, -0.25) is 9.59 Å². The average molecular weight is 463 g/mol. The minimum Gasteiger partial charge on any atom is -0.507 e. The number of rotatable bonds is 9. The molecular weight excluding hydrogens is 432 g/mol. The van der Waals surface area contributed by atoms with Gasteiger partial charge in [-0.15, -0.1) is 0 Å². The molecule has 0 atom stereocenters. The second-order valence-electron chi connectivity index (χ2n) is 9.31. The predicted molar refractivity (Wildman–Crippen MR) is 131 cm³/mol. The van der Waals surface area contributed by atoms with Crippen molar-refractivity contribution in [2.45, 2.75) is 40.7 Å². The van der Waals surface area contributed by atoms with Gasteiger partial charge in [-0.2, -0.15) is 0 Å². The van der Waals surface area contributed by atoms with Crippen molar-refractivity contribution in [2.75, 3.05) is 7.11 Å². The van der Waals surface area contributed by atoms with E-state index in [4.69, 9.17) is 14.2 Å². The third kappa shape index (κ3) is 5.95. The molecule has 0 amide bonds. The standard InChI is InChI=1S/C28H30O6/c1-18-24(12-10-22(27(18)31)23(30)15-28(2,3)4)33-16-19-7-6-8-20(13-19)21-9-11-25(32-5)26(14-21)34-17-29/h6-14,17,31H,15-16H2,1-5H3. The molecule has 0 spiro atoms. The first-order valence-electron chi connectivity index (χ1n) is 11.0. The molecule has 0 radical (unpaired) electrons. The third-order valence-electron chi connectivity index (χ3n) is 5.37. The Bertz CT molecular complexity index is 1190. The molecule has 0 aliphatic carbocycles. The van der Waals surface area contributed by atoms with Crippen molar-refractivity contribution in [3.05, 3.63) is 71.3 Å². The monoisotopic (exact) mass is 462 g/mol. The van der Waals surface area contributed by atoms with Crippen LogP contribution in [0.5, 0.6) is 23.0 Å². The first kappa shape index (κ1) is 24.8. The molecule has 3 aromatic carbocycles. The highest BCUT2D eigenvalue weighted by molar-refractivity contribution is 5.99. The van der Waals surface area contributed by atoms with Gasteiger partial charge < -0.3 is 19.3 Å². The molecule has 1 N–H and O–H groups in total. The zero-order chi connectivity index (χ0) is 24.9. The molecule has 6 nitrogen and oxygen atoms in total. The largest absolute Gasteiger partial charge is 0.507 e. The molecule has 3 rings (SSSR count). The summed E-state index contributed by atoms with van der Waals surface area (Å²) in [5.74, 6) is 1.19. The SMILES string of the molecule is COc1ccc(-c2cccc(COc3ccc(C(=O)CC(C)(C)C)c(O)c3C)c2)cc1OC=O. The number of aromatic hydroxyl groups is 1. The molecule has 0 aliphatic rings. The summed E-state index contributed by atoms with van der Waals surface area (Å²) in [4.78, 5) is 23.4. The fourth-order valence-corrected chi connectivity index (χ4v) is 3.64. The lowest BCUT2D eigenvalue weighted by atomic mass is 9.87. The van der Waals surface area contributed by atoms with Crippen LogP contribution in [0.3, 0.4) is 0 Å². The lowest BCUT2D eigenvalue weighted by Crippen LogP contribution is -2.13. The number of hydrogen-bond acceptors (Lipinski definition) is 6. The van der Waals surface area contributed by atoms with Gasteiger partial charge in [0.1, 0.15) is 18.1 Å². The van der Waals surface area contributed by atoms with Crippen LogP contribution in [0.2, 0.25) is 0 Å². The summed E-state index contributed by atoms with van der Waals surface area (Å²) < 4.78 is 16.2. The van der Waals surface area contributed by atoms with E-state index in [1.807, 2.05) is 51.1 Å². The fraction of sp³-hybridized carbons (Fsp3) is 0.286. The molecule has 3 aromatic rings. The van der Waals surface area contributed by atoms with Gasteiger partial charge >= 0.3 is 0 Å². The summed E-state index contributed by atoms with van der Waals surface area (Å²) in [6.07, 6.45) is 0.345. The number of phenols is 1. The van der Waals surface area contributed by atoms with E-state index in [-0.39, 0.29) is 23.6 Å². The van der Waals surface area contributed by atoms with Crippen LogP contribution in [0.25, 0.3) is 11.1 Å². The Balaban J connectivity index is 1.78. The Morgan fingerprint density at radius 1 is 0.971 bits per heavy atom. The Morgan fingerprint density at radius 3 is 2.35 bits per heavy atom. The van der Waals surface area contributed by atoms with E-state index in [1.165, 1.54) is 7.11 Å². The fourth-order valence-electron chi connectivity index (χ4n) is 3.64. The summed E-state index contributed by atoms with van der Waals surface area (Å²) in [5.41, 5.74) is 3.37. The highest BCUT2D eigenvalue weighted by atomic mass is 16.5. The molecule has 178 valence electrons. The number of benzene rings is 3. The van der Waals surface area contributed by atoms with Crippen LogP contribution in [-0.2, 0) is 11.4 Å². The van der Waals surface area contributed by atoms with Crippen LogP contribution in [0.15, 0.2) is 54.6 Å². The maximum Gasteiger partial charge on any atom is 0.298 e. The number of ketones is 1. The number of methoxy groups -OCH3 is 1. The van der Waals surface area contributed by atoms with Crippen LogP contribution in [-0.4, -0.2) is 24.5 Å². The topological polar surface area (TPSA) is 82.1 Å². The van der Waals surface area contributed by atoms with Crippen LogP contribution < -0.4 is 14.2 Å². The van der Waals surface area contributed by atoms with Crippen molar-refractivity contribution in [1.29, 1.82) is 0 Å². The second-order valence-corrected chi connectivity index (χ2v) is 9.31. The van der Waals surface area contributed by atoms with Gasteiger partial charge in [0.15, 0.2) is 17.3 Å². The summed E-state index contributed by atoms with van der Waals surface area (Å²) in [5, 5.41) is 10.6. The normalized spacial score (nSPS) is 11.1. The molecule has 6 heteroatoms. The van der Waals surface area contributed by atoms with Crippen molar-refractivity contribution < 1.29 is 28.9 Å². The summed E-state index contributed by atoms with van der Waals surface area (Å²) in [6, 6.07) is 16.5. The van der Waals surface area contributed by atoms with E-state index in [0.717, 1.165) is 16.7 Å². The van der Waals surface area contributed by atoms with Crippen LogP contribution in [0, 0.1) is 12.3 Å². The molecule has 0 bridgehead atoms. The zero-order valence-corrected chi connectivity index (χ0v) is 20.2. The molecule has 0 unspecified atom stereocenters. The first-order chi connectivity index (χ1) is 16.1. The van der Waals surface area contributed by atoms with Gasteiger partial charge in [-0.25, -0.2) is 0 Å². The van der Waals surface area contributed by atoms with E-state index in [9.17, 15) is 14.7 Å². The Kier molecular flexibility index (Phi) is 7.61. The van der Waals surface area contributed by atoms with Crippen LogP contribution in [0.1, 0.15) is 48.7 Å². The smallest absolute Gasteiger partial charge is 0.298 e. The molecule has 0 aliphatic heterocycles. The highest BCUT2D eigenvalue weighted by Gasteiger charge is 2.21. The number of carbonyl (C=O) groups is 2. The number of ether oxygens (including phenoxy) is 3. The first-order valence-corrected chi connectivity index (χ1v) is 11.0. The lowest BCUT2D eigenvalue weighted by molar-refractivity contribution is -0.120. The molecule has 0 heterocycles.